The number of amides is 1. The van der Waals surface area contributed by atoms with Crippen molar-refractivity contribution in [2.24, 2.45) is 0 Å². The van der Waals surface area contributed by atoms with Crippen molar-refractivity contribution in [2.75, 3.05) is 12.3 Å². The van der Waals surface area contributed by atoms with Gasteiger partial charge in [-0.1, -0.05) is 54.2 Å². The molecule has 1 aromatic heterocycles. The van der Waals surface area contributed by atoms with Crippen molar-refractivity contribution in [3.8, 4) is 0 Å². The molecule has 0 saturated heterocycles. The number of nitrogens with zero attached hydrogens (tertiary/aromatic N) is 1. The highest BCUT2D eigenvalue weighted by atomic mass is 32.2. The summed E-state index contributed by atoms with van der Waals surface area (Å²) in [5, 5.41) is 3.87. The van der Waals surface area contributed by atoms with Crippen molar-refractivity contribution < 1.29 is 4.79 Å². The largest absolute Gasteiger partial charge is 0.354 e. The van der Waals surface area contributed by atoms with Gasteiger partial charge in [0.1, 0.15) is 0 Å². The number of carbonyl (C=O) groups excluding carboxylic acids is 1. The Morgan fingerprint density at radius 2 is 1.88 bits per heavy atom. The van der Waals surface area contributed by atoms with Crippen LogP contribution in [-0.2, 0) is 10.2 Å². The lowest BCUT2D eigenvalue weighted by atomic mass is 9.96. The van der Waals surface area contributed by atoms with E-state index in [0.717, 1.165) is 35.6 Å². The molecular formula is C19H19N3OS. The molecule has 1 heterocycles. The minimum atomic E-state index is 0.0580. The SMILES string of the molecule is O=C(CSc1nc2ccccc2[nH]1)NCC1(c2ccccc2)CC1. The Balaban J connectivity index is 1.31. The molecule has 122 valence electrons. The summed E-state index contributed by atoms with van der Waals surface area (Å²) in [6, 6.07) is 18.4. The highest BCUT2D eigenvalue weighted by Gasteiger charge is 2.44. The quantitative estimate of drug-likeness (QED) is 0.677. The van der Waals surface area contributed by atoms with E-state index in [0.29, 0.717) is 5.75 Å². The highest BCUT2D eigenvalue weighted by molar-refractivity contribution is 7.99. The van der Waals surface area contributed by atoms with E-state index in [1.165, 1.54) is 17.3 Å². The summed E-state index contributed by atoms with van der Waals surface area (Å²) < 4.78 is 0. The van der Waals surface area contributed by atoms with E-state index in [1.54, 1.807) is 0 Å². The lowest BCUT2D eigenvalue weighted by molar-refractivity contribution is -0.118. The Hall–Kier alpha value is -2.27. The molecule has 0 atom stereocenters. The second kappa shape index (κ2) is 6.32. The average Bonchev–Trinajstić information content (AvgIpc) is 3.30. The third kappa shape index (κ3) is 3.17. The second-order valence-corrected chi connectivity index (χ2v) is 7.23. The van der Waals surface area contributed by atoms with Gasteiger partial charge in [-0.15, -0.1) is 0 Å². The predicted molar refractivity (Wildman–Crippen MR) is 97.2 cm³/mol. The monoisotopic (exact) mass is 337 g/mol. The minimum Gasteiger partial charge on any atom is -0.354 e. The molecule has 0 radical (unpaired) electrons. The molecule has 1 fully saturated rings. The predicted octanol–water partition coefficient (Wildman–Crippen LogP) is 3.50. The van der Waals surface area contributed by atoms with Crippen molar-refractivity contribution in [1.29, 1.82) is 0 Å². The van der Waals surface area contributed by atoms with Crippen molar-refractivity contribution in [3.63, 3.8) is 0 Å². The fraction of sp³-hybridized carbons (Fsp3) is 0.263. The third-order valence-electron chi connectivity index (χ3n) is 4.57. The van der Waals surface area contributed by atoms with Crippen LogP contribution in [0.5, 0.6) is 0 Å². The van der Waals surface area contributed by atoms with Crippen LogP contribution >= 0.6 is 11.8 Å². The smallest absolute Gasteiger partial charge is 0.230 e. The summed E-state index contributed by atoms with van der Waals surface area (Å²) in [7, 11) is 0. The lowest BCUT2D eigenvalue weighted by Gasteiger charge is -2.16. The number of para-hydroxylation sites is 2. The number of benzene rings is 2. The van der Waals surface area contributed by atoms with E-state index in [2.05, 4.69) is 39.6 Å². The van der Waals surface area contributed by atoms with E-state index in [-0.39, 0.29) is 11.3 Å². The molecule has 2 aromatic carbocycles. The molecule has 5 heteroatoms. The molecule has 4 rings (SSSR count). The average molecular weight is 337 g/mol. The zero-order chi connectivity index (χ0) is 16.4. The molecule has 1 aliphatic rings. The van der Waals surface area contributed by atoms with Gasteiger partial charge in [-0.05, 0) is 30.5 Å². The Labute approximate surface area is 145 Å². The standard InChI is InChI=1S/C19H19N3OS/c23-17(12-24-18-21-15-8-4-5-9-16(15)22-18)20-13-19(10-11-19)14-6-2-1-3-7-14/h1-9H,10-13H2,(H,20,23)(H,21,22). The first-order valence-corrected chi connectivity index (χ1v) is 9.14. The molecule has 1 saturated carbocycles. The summed E-state index contributed by atoms with van der Waals surface area (Å²) in [6.07, 6.45) is 2.29. The van der Waals surface area contributed by atoms with Crippen LogP contribution in [0.1, 0.15) is 18.4 Å². The van der Waals surface area contributed by atoms with Gasteiger partial charge in [-0.2, -0.15) is 0 Å². The third-order valence-corrected chi connectivity index (χ3v) is 5.44. The van der Waals surface area contributed by atoms with Crippen molar-refractivity contribution >= 4 is 28.7 Å². The van der Waals surface area contributed by atoms with E-state index < -0.39 is 0 Å². The first kappa shape index (κ1) is 15.3. The molecule has 4 nitrogen and oxygen atoms in total. The fourth-order valence-electron chi connectivity index (χ4n) is 2.96. The lowest BCUT2D eigenvalue weighted by Crippen LogP contribution is -2.33. The summed E-state index contributed by atoms with van der Waals surface area (Å²) >= 11 is 1.44. The number of imidazole rings is 1. The number of rotatable bonds is 6. The Kier molecular flexibility index (Phi) is 4.02. The molecule has 2 N–H and O–H groups in total. The Bertz CT molecular complexity index is 822. The molecule has 0 bridgehead atoms. The summed E-state index contributed by atoms with van der Waals surface area (Å²) in [6.45, 7) is 0.719. The molecule has 1 amide bonds. The molecule has 3 aromatic rings. The first-order chi connectivity index (χ1) is 11.8. The molecular weight excluding hydrogens is 318 g/mol. The maximum atomic E-state index is 12.2. The van der Waals surface area contributed by atoms with Crippen LogP contribution in [0.2, 0.25) is 0 Å². The zero-order valence-corrected chi connectivity index (χ0v) is 14.1. The van der Waals surface area contributed by atoms with E-state index in [1.807, 2.05) is 30.3 Å². The summed E-state index contributed by atoms with van der Waals surface area (Å²) in [4.78, 5) is 19.9. The molecule has 0 spiro atoms. The number of hydrogen-bond acceptors (Lipinski definition) is 3. The number of aromatic nitrogens is 2. The highest BCUT2D eigenvalue weighted by Crippen LogP contribution is 2.47. The second-order valence-electron chi connectivity index (χ2n) is 6.27. The first-order valence-electron chi connectivity index (χ1n) is 8.15. The van der Waals surface area contributed by atoms with Gasteiger partial charge in [-0.3, -0.25) is 4.79 Å². The van der Waals surface area contributed by atoms with Crippen molar-refractivity contribution in [1.82, 2.24) is 15.3 Å². The molecule has 0 unspecified atom stereocenters. The van der Waals surface area contributed by atoms with Crippen LogP contribution in [0.25, 0.3) is 11.0 Å². The van der Waals surface area contributed by atoms with Gasteiger partial charge in [0.15, 0.2) is 5.16 Å². The molecule has 24 heavy (non-hydrogen) atoms. The Morgan fingerprint density at radius 3 is 2.62 bits per heavy atom. The minimum absolute atomic E-state index is 0.0580. The van der Waals surface area contributed by atoms with Gasteiger partial charge in [0.2, 0.25) is 5.91 Å². The Morgan fingerprint density at radius 1 is 1.12 bits per heavy atom. The van der Waals surface area contributed by atoms with Gasteiger partial charge in [0, 0.05) is 12.0 Å². The number of carbonyl (C=O) groups is 1. The van der Waals surface area contributed by atoms with E-state index >= 15 is 0 Å². The number of nitrogens with one attached hydrogen (secondary N) is 2. The summed E-state index contributed by atoms with van der Waals surface area (Å²) in [5.41, 5.74) is 3.42. The normalized spacial score (nSPS) is 15.3. The van der Waals surface area contributed by atoms with Gasteiger partial charge >= 0.3 is 0 Å². The van der Waals surface area contributed by atoms with E-state index in [9.17, 15) is 4.79 Å². The van der Waals surface area contributed by atoms with Gasteiger partial charge < -0.3 is 10.3 Å². The number of thioether (sulfide) groups is 1. The van der Waals surface area contributed by atoms with Gasteiger partial charge in [0.05, 0.1) is 16.8 Å². The van der Waals surface area contributed by atoms with Crippen molar-refractivity contribution in [3.05, 3.63) is 60.2 Å². The fourth-order valence-corrected chi connectivity index (χ4v) is 3.68. The number of aromatic amines is 1. The summed E-state index contributed by atoms with van der Waals surface area (Å²) in [5.74, 6) is 0.438. The number of fused-ring (bicyclic) bond motifs is 1. The molecule has 1 aliphatic carbocycles. The number of H-pyrrole nitrogens is 1. The van der Waals surface area contributed by atoms with Crippen LogP contribution in [-0.4, -0.2) is 28.2 Å². The molecule has 0 aliphatic heterocycles. The van der Waals surface area contributed by atoms with Crippen LogP contribution < -0.4 is 5.32 Å². The van der Waals surface area contributed by atoms with Crippen LogP contribution in [0.4, 0.5) is 0 Å². The van der Waals surface area contributed by atoms with Crippen molar-refractivity contribution in [2.45, 2.75) is 23.4 Å². The van der Waals surface area contributed by atoms with Gasteiger partial charge in [0.25, 0.3) is 0 Å². The topological polar surface area (TPSA) is 57.8 Å². The van der Waals surface area contributed by atoms with Crippen LogP contribution in [0.15, 0.2) is 59.8 Å². The maximum Gasteiger partial charge on any atom is 0.230 e. The van der Waals surface area contributed by atoms with Crippen LogP contribution in [0, 0.1) is 0 Å². The maximum absolute atomic E-state index is 12.2. The van der Waals surface area contributed by atoms with Gasteiger partial charge in [-0.25, -0.2) is 4.98 Å². The zero-order valence-electron chi connectivity index (χ0n) is 13.3. The number of hydrogen-bond donors (Lipinski definition) is 2. The van der Waals surface area contributed by atoms with E-state index in [4.69, 9.17) is 0 Å². The van der Waals surface area contributed by atoms with Crippen LogP contribution in [0.3, 0.4) is 0 Å².